The SMILES string of the molecule is CC(C)(C)c1ccc(-c2cccc3c2oc2cc4c(ccc5ccccc54)cc23)nc1. The first kappa shape index (κ1) is 18.1. The molecule has 2 nitrogen and oxygen atoms in total. The van der Waals surface area contributed by atoms with Crippen LogP contribution in [0, 0.1) is 0 Å². The fourth-order valence-corrected chi connectivity index (χ4v) is 4.50. The first-order chi connectivity index (χ1) is 15.0. The summed E-state index contributed by atoms with van der Waals surface area (Å²) < 4.78 is 6.45. The zero-order chi connectivity index (χ0) is 21.2. The Bertz CT molecular complexity index is 1600. The molecule has 2 heterocycles. The highest BCUT2D eigenvalue weighted by Crippen LogP contribution is 2.38. The van der Waals surface area contributed by atoms with Crippen LogP contribution in [0.15, 0.2) is 89.5 Å². The zero-order valence-electron chi connectivity index (χ0n) is 17.9. The molecule has 6 aromatic rings. The number of rotatable bonds is 1. The Morgan fingerprint density at radius 2 is 1.48 bits per heavy atom. The van der Waals surface area contributed by atoms with Crippen LogP contribution in [0.5, 0.6) is 0 Å². The summed E-state index contributed by atoms with van der Waals surface area (Å²) in [5.74, 6) is 0. The molecule has 0 saturated carbocycles. The van der Waals surface area contributed by atoms with Gasteiger partial charge in [-0.05, 0) is 56.8 Å². The molecule has 150 valence electrons. The monoisotopic (exact) mass is 401 g/mol. The summed E-state index contributed by atoms with van der Waals surface area (Å²) in [5.41, 5.74) is 5.09. The molecule has 0 unspecified atom stereocenters. The molecule has 0 saturated heterocycles. The van der Waals surface area contributed by atoms with Gasteiger partial charge in [-0.1, -0.05) is 75.4 Å². The lowest BCUT2D eigenvalue weighted by Crippen LogP contribution is -2.11. The minimum absolute atomic E-state index is 0.0831. The molecular formula is C29H23NO. The fourth-order valence-electron chi connectivity index (χ4n) is 4.50. The van der Waals surface area contributed by atoms with Gasteiger partial charge >= 0.3 is 0 Å². The molecule has 0 aliphatic heterocycles. The highest BCUT2D eigenvalue weighted by atomic mass is 16.3. The number of fused-ring (bicyclic) bond motifs is 6. The van der Waals surface area contributed by atoms with E-state index in [-0.39, 0.29) is 5.41 Å². The van der Waals surface area contributed by atoms with Crippen molar-refractivity contribution in [2.45, 2.75) is 26.2 Å². The smallest absolute Gasteiger partial charge is 0.144 e. The summed E-state index contributed by atoms with van der Waals surface area (Å²) in [6, 6.07) is 27.9. The van der Waals surface area contributed by atoms with Crippen molar-refractivity contribution in [2.24, 2.45) is 0 Å². The molecule has 0 atom stereocenters. The number of furan rings is 1. The first-order valence-electron chi connectivity index (χ1n) is 10.7. The topological polar surface area (TPSA) is 26.0 Å². The van der Waals surface area contributed by atoms with Crippen molar-refractivity contribution in [3.63, 3.8) is 0 Å². The quantitative estimate of drug-likeness (QED) is 0.259. The summed E-state index contributed by atoms with van der Waals surface area (Å²) in [6.45, 7) is 6.62. The van der Waals surface area contributed by atoms with Crippen molar-refractivity contribution in [3.8, 4) is 11.3 Å². The number of pyridine rings is 1. The van der Waals surface area contributed by atoms with Gasteiger partial charge in [-0.3, -0.25) is 4.98 Å². The predicted octanol–water partition coefficient (Wildman–Crippen LogP) is 8.25. The van der Waals surface area contributed by atoms with Crippen LogP contribution >= 0.6 is 0 Å². The molecule has 2 aromatic heterocycles. The third kappa shape index (κ3) is 2.83. The van der Waals surface area contributed by atoms with Crippen LogP contribution in [-0.4, -0.2) is 4.98 Å². The Kier molecular flexibility index (Phi) is 3.76. The fraction of sp³-hybridized carbons (Fsp3) is 0.138. The summed E-state index contributed by atoms with van der Waals surface area (Å²) in [5, 5.41) is 7.22. The van der Waals surface area contributed by atoms with E-state index in [0.717, 1.165) is 33.2 Å². The number of para-hydroxylation sites is 1. The molecule has 31 heavy (non-hydrogen) atoms. The van der Waals surface area contributed by atoms with Crippen LogP contribution in [0.25, 0.3) is 54.7 Å². The van der Waals surface area contributed by atoms with Crippen LogP contribution in [0.3, 0.4) is 0 Å². The van der Waals surface area contributed by atoms with Gasteiger partial charge in [-0.15, -0.1) is 0 Å². The summed E-state index contributed by atoms with van der Waals surface area (Å²) in [6.07, 6.45) is 1.98. The molecule has 0 bridgehead atoms. The number of nitrogens with zero attached hydrogens (tertiary/aromatic N) is 1. The van der Waals surface area contributed by atoms with E-state index in [4.69, 9.17) is 9.40 Å². The highest BCUT2D eigenvalue weighted by Gasteiger charge is 2.17. The standard InChI is InChI=1S/C29H23NO/c1-29(2,3)20-13-14-26(30-17-20)23-10-6-9-22-25-15-19-12-11-18-7-4-5-8-21(18)24(19)16-27(25)31-28(22)23/h4-17H,1-3H3. The van der Waals surface area contributed by atoms with E-state index in [1.807, 2.05) is 6.20 Å². The van der Waals surface area contributed by atoms with Crippen molar-refractivity contribution in [3.05, 3.63) is 90.6 Å². The van der Waals surface area contributed by atoms with Crippen LogP contribution in [0.4, 0.5) is 0 Å². The van der Waals surface area contributed by atoms with Crippen molar-refractivity contribution in [2.75, 3.05) is 0 Å². The van der Waals surface area contributed by atoms with Crippen LogP contribution in [0.2, 0.25) is 0 Å². The summed E-state index contributed by atoms with van der Waals surface area (Å²) >= 11 is 0. The Balaban J connectivity index is 1.60. The van der Waals surface area contributed by atoms with Gasteiger partial charge in [0.25, 0.3) is 0 Å². The van der Waals surface area contributed by atoms with E-state index < -0.39 is 0 Å². The molecule has 0 fully saturated rings. The molecule has 0 amide bonds. The average Bonchev–Trinajstić information content (AvgIpc) is 3.15. The largest absolute Gasteiger partial charge is 0.455 e. The lowest BCUT2D eigenvalue weighted by molar-refractivity contribution is 0.587. The number of hydrogen-bond donors (Lipinski definition) is 0. The maximum atomic E-state index is 6.45. The van der Waals surface area contributed by atoms with Gasteiger partial charge in [0.15, 0.2) is 0 Å². The summed E-state index contributed by atoms with van der Waals surface area (Å²) in [4.78, 5) is 4.77. The molecule has 0 aliphatic carbocycles. The predicted molar refractivity (Wildman–Crippen MR) is 131 cm³/mol. The second-order valence-electron chi connectivity index (χ2n) is 9.32. The van der Waals surface area contributed by atoms with Gasteiger partial charge in [0.2, 0.25) is 0 Å². The molecule has 0 spiro atoms. The highest BCUT2D eigenvalue weighted by molar-refractivity contribution is 6.17. The van der Waals surface area contributed by atoms with E-state index in [1.165, 1.54) is 27.1 Å². The van der Waals surface area contributed by atoms with Gasteiger partial charge in [-0.25, -0.2) is 0 Å². The molecule has 0 N–H and O–H groups in total. The number of benzene rings is 4. The number of hydrogen-bond acceptors (Lipinski definition) is 2. The van der Waals surface area contributed by atoms with E-state index in [1.54, 1.807) is 0 Å². The second kappa shape index (κ2) is 6.42. The minimum Gasteiger partial charge on any atom is -0.455 e. The number of aromatic nitrogens is 1. The average molecular weight is 402 g/mol. The van der Waals surface area contributed by atoms with Gasteiger partial charge in [0.05, 0.1) is 5.69 Å². The van der Waals surface area contributed by atoms with E-state index in [0.29, 0.717) is 0 Å². The molecule has 0 aliphatic rings. The second-order valence-corrected chi connectivity index (χ2v) is 9.32. The molecule has 0 radical (unpaired) electrons. The third-order valence-electron chi connectivity index (χ3n) is 6.27. The molecule has 2 heteroatoms. The first-order valence-corrected chi connectivity index (χ1v) is 10.7. The van der Waals surface area contributed by atoms with E-state index in [2.05, 4.69) is 99.6 Å². The van der Waals surface area contributed by atoms with Gasteiger partial charge in [0.1, 0.15) is 11.2 Å². The van der Waals surface area contributed by atoms with Crippen molar-refractivity contribution in [1.82, 2.24) is 4.98 Å². The van der Waals surface area contributed by atoms with Gasteiger partial charge < -0.3 is 4.42 Å². The maximum Gasteiger partial charge on any atom is 0.144 e. The van der Waals surface area contributed by atoms with Crippen molar-refractivity contribution in [1.29, 1.82) is 0 Å². The molecule has 4 aromatic carbocycles. The minimum atomic E-state index is 0.0831. The molecule has 6 rings (SSSR count). The van der Waals surface area contributed by atoms with Crippen LogP contribution in [-0.2, 0) is 5.41 Å². The molecular weight excluding hydrogens is 378 g/mol. The zero-order valence-corrected chi connectivity index (χ0v) is 17.9. The lowest BCUT2D eigenvalue weighted by Gasteiger charge is -2.18. The Morgan fingerprint density at radius 3 is 2.29 bits per heavy atom. The Hall–Kier alpha value is -3.65. The summed E-state index contributed by atoms with van der Waals surface area (Å²) in [7, 11) is 0. The Labute approximate surface area is 181 Å². The lowest BCUT2D eigenvalue weighted by atomic mass is 9.88. The van der Waals surface area contributed by atoms with Gasteiger partial charge in [-0.2, -0.15) is 0 Å². The van der Waals surface area contributed by atoms with E-state index in [9.17, 15) is 0 Å². The third-order valence-corrected chi connectivity index (χ3v) is 6.27. The van der Waals surface area contributed by atoms with Crippen molar-refractivity contribution < 1.29 is 4.42 Å². The van der Waals surface area contributed by atoms with Crippen LogP contribution < -0.4 is 0 Å². The Morgan fingerprint density at radius 1 is 0.677 bits per heavy atom. The maximum absolute atomic E-state index is 6.45. The van der Waals surface area contributed by atoms with Crippen molar-refractivity contribution >= 4 is 43.5 Å². The van der Waals surface area contributed by atoms with Gasteiger partial charge in [0, 0.05) is 22.5 Å². The van der Waals surface area contributed by atoms with Crippen LogP contribution in [0.1, 0.15) is 26.3 Å². The normalized spacial score (nSPS) is 12.4. The van der Waals surface area contributed by atoms with E-state index >= 15 is 0 Å².